The van der Waals surface area contributed by atoms with Gasteiger partial charge in [0.15, 0.2) is 0 Å². The first-order valence-corrected chi connectivity index (χ1v) is 8.53. The quantitative estimate of drug-likeness (QED) is 0.904. The molecule has 2 rings (SSSR count). The fourth-order valence-electron chi connectivity index (χ4n) is 2.56. The first kappa shape index (κ1) is 15.2. The van der Waals surface area contributed by atoms with Crippen LogP contribution in [0, 0.1) is 0 Å². The number of benzene rings is 1. The van der Waals surface area contributed by atoms with E-state index in [0.717, 1.165) is 24.8 Å². The minimum atomic E-state index is -3.34. The van der Waals surface area contributed by atoms with Crippen LogP contribution in [0.5, 0.6) is 0 Å². The molecule has 0 spiro atoms. The Bertz CT molecular complexity index is 538. The van der Waals surface area contributed by atoms with Crippen LogP contribution in [0.2, 0.25) is 0 Å². The van der Waals surface area contributed by atoms with Gasteiger partial charge in [-0.3, -0.25) is 0 Å². The van der Waals surface area contributed by atoms with Gasteiger partial charge < -0.3 is 5.32 Å². The highest BCUT2D eigenvalue weighted by atomic mass is 32.2. The Labute approximate surface area is 121 Å². The average Bonchev–Trinajstić information content (AvgIpc) is 2.47. The number of nitrogens with one attached hydrogen (secondary N) is 1. The molecule has 1 atom stereocenters. The molecule has 0 aromatic heterocycles. The summed E-state index contributed by atoms with van der Waals surface area (Å²) in [5.41, 5.74) is 0.901. The SMILES string of the molecule is CNCC1CCCCN1S(=O)(=O)C=Cc1ccccc1. The number of rotatable bonds is 5. The standard InChI is InChI=1S/C15H22N2O2S/c1-16-13-15-9-5-6-11-17(15)20(18,19)12-10-14-7-3-2-4-8-14/h2-4,7-8,10,12,15-16H,5-6,9,11,13H2,1H3. The molecule has 1 aliphatic heterocycles. The van der Waals surface area contributed by atoms with Crippen molar-refractivity contribution in [3.8, 4) is 0 Å². The summed E-state index contributed by atoms with van der Waals surface area (Å²) in [6.07, 6.45) is 4.64. The van der Waals surface area contributed by atoms with E-state index in [2.05, 4.69) is 5.32 Å². The summed E-state index contributed by atoms with van der Waals surface area (Å²) < 4.78 is 26.5. The van der Waals surface area contributed by atoms with Gasteiger partial charge in [-0.2, -0.15) is 4.31 Å². The van der Waals surface area contributed by atoms with Gasteiger partial charge in [0.25, 0.3) is 0 Å². The van der Waals surface area contributed by atoms with E-state index in [-0.39, 0.29) is 6.04 Å². The smallest absolute Gasteiger partial charge is 0.236 e. The van der Waals surface area contributed by atoms with Crippen LogP contribution >= 0.6 is 0 Å². The molecule has 1 unspecified atom stereocenters. The summed E-state index contributed by atoms with van der Waals surface area (Å²) in [5, 5.41) is 4.41. The van der Waals surface area contributed by atoms with Gasteiger partial charge in [0.1, 0.15) is 0 Å². The molecular weight excluding hydrogens is 272 g/mol. The van der Waals surface area contributed by atoms with E-state index in [1.807, 2.05) is 37.4 Å². The van der Waals surface area contributed by atoms with Gasteiger partial charge in [-0.15, -0.1) is 0 Å². The lowest BCUT2D eigenvalue weighted by Gasteiger charge is -2.33. The number of hydrogen-bond acceptors (Lipinski definition) is 3. The lowest BCUT2D eigenvalue weighted by Crippen LogP contribution is -2.47. The minimum absolute atomic E-state index is 0.0687. The van der Waals surface area contributed by atoms with E-state index < -0.39 is 10.0 Å². The van der Waals surface area contributed by atoms with Gasteiger partial charge >= 0.3 is 0 Å². The molecule has 0 aliphatic carbocycles. The van der Waals surface area contributed by atoms with Gasteiger partial charge in [0, 0.05) is 24.5 Å². The summed E-state index contributed by atoms with van der Waals surface area (Å²) in [4.78, 5) is 0. The summed E-state index contributed by atoms with van der Waals surface area (Å²) in [6, 6.07) is 9.58. The minimum Gasteiger partial charge on any atom is -0.318 e. The van der Waals surface area contributed by atoms with E-state index in [1.165, 1.54) is 5.41 Å². The van der Waals surface area contributed by atoms with Crippen LogP contribution in [0.4, 0.5) is 0 Å². The van der Waals surface area contributed by atoms with Crippen molar-refractivity contribution >= 4 is 16.1 Å². The van der Waals surface area contributed by atoms with Gasteiger partial charge in [-0.05, 0) is 31.5 Å². The zero-order valence-corrected chi connectivity index (χ0v) is 12.6. The molecule has 0 saturated carbocycles. The topological polar surface area (TPSA) is 49.4 Å². The Morgan fingerprint density at radius 2 is 2.05 bits per heavy atom. The van der Waals surface area contributed by atoms with Crippen molar-refractivity contribution in [1.29, 1.82) is 0 Å². The molecule has 20 heavy (non-hydrogen) atoms. The van der Waals surface area contributed by atoms with Crippen LogP contribution in [0.3, 0.4) is 0 Å². The first-order chi connectivity index (χ1) is 9.63. The highest BCUT2D eigenvalue weighted by Crippen LogP contribution is 2.21. The number of piperidine rings is 1. The fourth-order valence-corrected chi connectivity index (χ4v) is 4.02. The van der Waals surface area contributed by atoms with Crippen molar-refractivity contribution in [1.82, 2.24) is 9.62 Å². The predicted octanol–water partition coefficient (Wildman–Crippen LogP) is 2.06. The largest absolute Gasteiger partial charge is 0.318 e. The summed E-state index contributed by atoms with van der Waals surface area (Å²) in [6.45, 7) is 1.33. The molecule has 110 valence electrons. The second kappa shape index (κ2) is 7.02. The molecule has 1 aliphatic rings. The maximum Gasteiger partial charge on any atom is 0.236 e. The molecule has 1 aromatic rings. The fraction of sp³-hybridized carbons (Fsp3) is 0.467. The van der Waals surface area contributed by atoms with Crippen LogP contribution in [-0.2, 0) is 10.0 Å². The molecule has 0 amide bonds. The number of likely N-dealkylation sites (N-methyl/N-ethyl adjacent to an activating group) is 1. The third-order valence-corrected chi connectivity index (χ3v) is 5.19. The molecule has 1 saturated heterocycles. The second-order valence-electron chi connectivity index (χ2n) is 5.08. The van der Waals surface area contributed by atoms with E-state index in [0.29, 0.717) is 13.1 Å². The van der Waals surface area contributed by atoms with E-state index in [9.17, 15) is 8.42 Å². The molecule has 1 aromatic carbocycles. The van der Waals surface area contributed by atoms with Crippen LogP contribution in [0.25, 0.3) is 6.08 Å². The third-order valence-electron chi connectivity index (χ3n) is 3.57. The number of sulfonamides is 1. The zero-order chi connectivity index (χ0) is 14.4. The van der Waals surface area contributed by atoms with Crippen molar-refractivity contribution in [2.75, 3.05) is 20.1 Å². The van der Waals surface area contributed by atoms with Crippen molar-refractivity contribution < 1.29 is 8.42 Å². The lowest BCUT2D eigenvalue weighted by molar-refractivity contribution is 0.251. The first-order valence-electron chi connectivity index (χ1n) is 7.03. The highest BCUT2D eigenvalue weighted by molar-refractivity contribution is 7.92. The number of nitrogens with zero attached hydrogens (tertiary/aromatic N) is 1. The Morgan fingerprint density at radius 1 is 1.30 bits per heavy atom. The van der Waals surface area contributed by atoms with Crippen LogP contribution in [-0.4, -0.2) is 38.9 Å². The maximum atomic E-state index is 12.5. The van der Waals surface area contributed by atoms with Crippen molar-refractivity contribution in [3.05, 3.63) is 41.3 Å². The molecule has 1 heterocycles. The Morgan fingerprint density at radius 3 is 2.75 bits per heavy atom. The van der Waals surface area contributed by atoms with Gasteiger partial charge in [-0.25, -0.2) is 8.42 Å². The summed E-state index contributed by atoms with van der Waals surface area (Å²) in [5.74, 6) is 0. The van der Waals surface area contributed by atoms with E-state index in [1.54, 1.807) is 10.4 Å². The molecule has 1 fully saturated rings. The third kappa shape index (κ3) is 3.91. The van der Waals surface area contributed by atoms with Crippen molar-refractivity contribution in [3.63, 3.8) is 0 Å². The molecule has 4 nitrogen and oxygen atoms in total. The molecule has 0 radical (unpaired) electrons. The Hall–Kier alpha value is -1.17. The normalized spacial score (nSPS) is 21.4. The lowest BCUT2D eigenvalue weighted by atomic mass is 10.1. The van der Waals surface area contributed by atoms with Gasteiger partial charge in [-0.1, -0.05) is 36.8 Å². The molecule has 1 N–H and O–H groups in total. The second-order valence-corrected chi connectivity index (χ2v) is 6.85. The molecular formula is C15H22N2O2S. The van der Waals surface area contributed by atoms with Crippen LogP contribution in [0.1, 0.15) is 24.8 Å². The Kier molecular flexibility index (Phi) is 5.34. The van der Waals surface area contributed by atoms with Crippen LogP contribution < -0.4 is 5.32 Å². The number of hydrogen-bond donors (Lipinski definition) is 1. The zero-order valence-electron chi connectivity index (χ0n) is 11.8. The predicted molar refractivity (Wildman–Crippen MR) is 82.7 cm³/mol. The average molecular weight is 294 g/mol. The molecule has 5 heteroatoms. The van der Waals surface area contributed by atoms with Crippen molar-refractivity contribution in [2.45, 2.75) is 25.3 Å². The highest BCUT2D eigenvalue weighted by Gasteiger charge is 2.29. The monoisotopic (exact) mass is 294 g/mol. The van der Waals surface area contributed by atoms with E-state index in [4.69, 9.17) is 0 Å². The van der Waals surface area contributed by atoms with Gasteiger partial charge in [0.2, 0.25) is 10.0 Å². The van der Waals surface area contributed by atoms with Crippen LogP contribution in [0.15, 0.2) is 35.7 Å². The van der Waals surface area contributed by atoms with Gasteiger partial charge in [0.05, 0.1) is 0 Å². The van der Waals surface area contributed by atoms with E-state index >= 15 is 0 Å². The summed E-state index contributed by atoms with van der Waals surface area (Å²) >= 11 is 0. The summed E-state index contributed by atoms with van der Waals surface area (Å²) in [7, 11) is -1.48. The Balaban J connectivity index is 2.14. The molecule has 0 bridgehead atoms. The van der Waals surface area contributed by atoms with Crippen molar-refractivity contribution in [2.24, 2.45) is 0 Å². The maximum absolute atomic E-state index is 12.5.